The Labute approximate surface area is 185 Å². The molecule has 1 aliphatic heterocycles. The Kier molecular flexibility index (Phi) is 6.69. The van der Waals surface area contributed by atoms with Crippen LogP contribution in [0, 0.1) is 0 Å². The van der Waals surface area contributed by atoms with Gasteiger partial charge in [0, 0.05) is 5.56 Å². The highest BCUT2D eigenvalue weighted by Gasteiger charge is 2.31. The zero-order chi connectivity index (χ0) is 22.3. The maximum Gasteiger partial charge on any atom is 0.414 e. The molecule has 1 N–H and O–H groups in total. The summed E-state index contributed by atoms with van der Waals surface area (Å²) in [6.07, 6.45) is 2.07. The van der Waals surface area contributed by atoms with E-state index in [-0.39, 0.29) is 12.5 Å². The van der Waals surface area contributed by atoms with Crippen LogP contribution in [0.2, 0.25) is 0 Å². The molecule has 2 amide bonds. The first-order chi connectivity index (χ1) is 15.6. The van der Waals surface area contributed by atoms with Gasteiger partial charge in [-0.1, -0.05) is 24.3 Å². The van der Waals surface area contributed by atoms with Crippen molar-refractivity contribution in [3.8, 4) is 23.0 Å². The second-order valence-corrected chi connectivity index (χ2v) is 7.29. The summed E-state index contributed by atoms with van der Waals surface area (Å²) < 4.78 is 22.2. The van der Waals surface area contributed by atoms with Crippen LogP contribution in [-0.2, 0) is 22.6 Å². The zero-order valence-electron chi connectivity index (χ0n) is 17.7. The number of oxazole rings is 1. The lowest BCUT2D eigenvalue weighted by molar-refractivity contribution is -0.123. The second kappa shape index (κ2) is 10.00. The van der Waals surface area contributed by atoms with E-state index >= 15 is 0 Å². The summed E-state index contributed by atoms with van der Waals surface area (Å²) in [6, 6.07) is 15.4. The Morgan fingerprint density at radius 2 is 1.91 bits per heavy atom. The third-order valence-electron chi connectivity index (χ3n) is 4.95. The number of rotatable bonds is 10. The first-order valence-corrected chi connectivity index (χ1v) is 10.5. The van der Waals surface area contributed by atoms with Crippen molar-refractivity contribution < 1.29 is 28.2 Å². The molecule has 1 aromatic heterocycles. The van der Waals surface area contributed by atoms with E-state index in [4.69, 9.17) is 18.6 Å². The van der Waals surface area contributed by atoms with Crippen molar-refractivity contribution in [1.82, 2.24) is 10.3 Å². The molecular formula is C24H24N2O6. The van der Waals surface area contributed by atoms with Gasteiger partial charge in [0.15, 0.2) is 17.6 Å². The van der Waals surface area contributed by atoms with E-state index in [1.54, 1.807) is 6.26 Å². The number of aromatic nitrogens is 1. The van der Waals surface area contributed by atoms with Crippen molar-refractivity contribution in [2.75, 3.05) is 6.61 Å². The van der Waals surface area contributed by atoms with Gasteiger partial charge in [0.2, 0.25) is 5.89 Å². The molecule has 0 spiro atoms. The Hall–Kier alpha value is -3.81. The standard InChI is InChI=1S/C24H24N2O6/c1-2-29-21-13-16(7-6-10-20-22(27)26-24(28)32-20)11-12-19(21)30-14-18-15-31-23(25-18)17-8-4-3-5-9-17/h3-5,8-9,11-13,15,20H,2,6-7,10,14H2,1H3,(H,26,27,28). The highest BCUT2D eigenvalue weighted by molar-refractivity contribution is 5.99. The van der Waals surface area contributed by atoms with E-state index < -0.39 is 12.2 Å². The maximum atomic E-state index is 11.6. The van der Waals surface area contributed by atoms with E-state index in [0.717, 1.165) is 11.1 Å². The van der Waals surface area contributed by atoms with Crippen LogP contribution in [-0.4, -0.2) is 29.7 Å². The zero-order valence-corrected chi connectivity index (χ0v) is 17.7. The summed E-state index contributed by atoms with van der Waals surface area (Å²) >= 11 is 0. The summed E-state index contributed by atoms with van der Waals surface area (Å²) in [4.78, 5) is 27.1. The molecule has 8 nitrogen and oxygen atoms in total. The quantitative estimate of drug-likeness (QED) is 0.506. The van der Waals surface area contributed by atoms with E-state index in [2.05, 4.69) is 10.3 Å². The molecule has 0 bridgehead atoms. The average Bonchev–Trinajstić information content (AvgIpc) is 3.40. The number of nitrogens with zero attached hydrogens (tertiary/aromatic N) is 1. The number of carbonyl (C=O) groups excluding carboxylic acids is 2. The normalized spacial score (nSPS) is 15.3. The number of benzene rings is 2. The Bertz CT molecular complexity index is 1080. The molecule has 1 atom stereocenters. The number of cyclic esters (lactones) is 1. The van der Waals surface area contributed by atoms with Crippen molar-refractivity contribution in [2.24, 2.45) is 0 Å². The molecule has 1 unspecified atom stereocenters. The number of aryl methyl sites for hydroxylation is 1. The largest absolute Gasteiger partial charge is 0.490 e. The van der Waals surface area contributed by atoms with Crippen molar-refractivity contribution in [2.45, 2.75) is 38.9 Å². The fraction of sp³-hybridized carbons (Fsp3) is 0.292. The minimum absolute atomic E-state index is 0.248. The average molecular weight is 436 g/mol. The number of amides is 2. The molecule has 1 fully saturated rings. The van der Waals surface area contributed by atoms with E-state index in [1.807, 2.05) is 55.5 Å². The number of alkyl carbamates (subject to hydrolysis) is 1. The minimum Gasteiger partial charge on any atom is -0.490 e. The number of imide groups is 1. The Balaban J connectivity index is 1.35. The monoisotopic (exact) mass is 436 g/mol. The molecule has 0 saturated carbocycles. The molecule has 0 radical (unpaired) electrons. The first-order valence-electron chi connectivity index (χ1n) is 10.5. The van der Waals surface area contributed by atoms with Gasteiger partial charge >= 0.3 is 6.09 Å². The highest BCUT2D eigenvalue weighted by atomic mass is 16.6. The van der Waals surface area contributed by atoms with Crippen LogP contribution in [0.15, 0.2) is 59.2 Å². The van der Waals surface area contributed by atoms with Gasteiger partial charge in [-0.3, -0.25) is 10.1 Å². The summed E-state index contributed by atoms with van der Waals surface area (Å²) in [5, 5.41) is 2.14. The van der Waals surface area contributed by atoms with E-state index in [0.29, 0.717) is 49.0 Å². The molecule has 3 aromatic rings. The number of carbonyl (C=O) groups is 2. The SMILES string of the molecule is CCOc1cc(CCCC2OC(=O)NC2=O)ccc1OCc1coc(-c2ccccc2)n1. The van der Waals surface area contributed by atoms with Crippen LogP contribution < -0.4 is 14.8 Å². The smallest absolute Gasteiger partial charge is 0.414 e. The lowest BCUT2D eigenvalue weighted by Crippen LogP contribution is -2.24. The maximum absolute atomic E-state index is 11.6. The van der Waals surface area contributed by atoms with Gasteiger partial charge < -0.3 is 18.6 Å². The molecule has 1 aliphatic rings. The van der Waals surface area contributed by atoms with Gasteiger partial charge in [-0.15, -0.1) is 0 Å². The van der Waals surface area contributed by atoms with Crippen molar-refractivity contribution >= 4 is 12.0 Å². The van der Waals surface area contributed by atoms with Gasteiger partial charge in [0.1, 0.15) is 18.6 Å². The van der Waals surface area contributed by atoms with E-state index in [9.17, 15) is 9.59 Å². The molecular weight excluding hydrogens is 412 g/mol. The molecule has 2 heterocycles. The van der Waals surface area contributed by atoms with Crippen molar-refractivity contribution in [3.05, 3.63) is 66.1 Å². The third kappa shape index (κ3) is 5.26. The predicted molar refractivity (Wildman–Crippen MR) is 115 cm³/mol. The second-order valence-electron chi connectivity index (χ2n) is 7.29. The molecule has 1 saturated heterocycles. The van der Waals surface area contributed by atoms with Crippen LogP contribution >= 0.6 is 0 Å². The summed E-state index contributed by atoms with van der Waals surface area (Å²) in [5.41, 5.74) is 2.63. The fourth-order valence-electron chi connectivity index (χ4n) is 3.41. The third-order valence-corrected chi connectivity index (χ3v) is 4.95. The molecule has 166 valence electrons. The molecule has 2 aromatic carbocycles. The van der Waals surface area contributed by atoms with Gasteiger partial charge in [0.25, 0.3) is 5.91 Å². The predicted octanol–water partition coefficient (Wildman–Crippen LogP) is 4.28. The minimum atomic E-state index is -0.709. The summed E-state index contributed by atoms with van der Waals surface area (Å²) in [5.74, 6) is 1.43. The van der Waals surface area contributed by atoms with Crippen LogP contribution in [0.1, 0.15) is 31.0 Å². The molecule has 0 aliphatic carbocycles. The number of nitrogens with one attached hydrogen (secondary N) is 1. The van der Waals surface area contributed by atoms with Gasteiger partial charge in [0.05, 0.1) is 6.61 Å². The highest BCUT2D eigenvalue weighted by Crippen LogP contribution is 2.30. The van der Waals surface area contributed by atoms with Gasteiger partial charge in [-0.05, 0) is 56.0 Å². The number of ether oxygens (including phenoxy) is 3. The topological polar surface area (TPSA) is 99.9 Å². The number of hydrogen-bond donors (Lipinski definition) is 1. The first kappa shape index (κ1) is 21.4. The fourth-order valence-corrected chi connectivity index (χ4v) is 3.41. The Morgan fingerprint density at radius 1 is 1.06 bits per heavy atom. The van der Waals surface area contributed by atoms with Gasteiger partial charge in [-0.2, -0.15) is 0 Å². The van der Waals surface area contributed by atoms with Crippen LogP contribution in [0.3, 0.4) is 0 Å². The Morgan fingerprint density at radius 3 is 2.66 bits per heavy atom. The lowest BCUT2D eigenvalue weighted by Gasteiger charge is -2.13. The van der Waals surface area contributed by atoms with Crippen LogP contribution in [0.5, 0.6) is 11.5 Å². The summed E-state index contributed by atoms with van der Waals surface area (Å²) in [6.45, 7) is 2.66. The van der Waals surface area contributed by atoms with Crippen molar-refractivity contribution in [3.63, 3.8) is 0 Å². The van der Waals surface area contributed by atoms with E-state index in [1.165, 1.54) is 0 Å². The van der Waals surface area contributed by atoms with Gasteiger partial charge in [-0.25, -0.2) is 9.78 Å². The molecule has 32 heavy (non-hydrogen) atoms. The van der Waals surface area contributed by atoms with Crippen LogP contribution in [0.25, 0.3) is 11.5 Å². The summed E-state index contributed by atoms with van der Waals surface area (Å²) in [7, 11) is 0. The lowest BCUT2D eigenvalue weighted by atomic mass is 10.1. The molecule has 4 rings (SSSR count). The van der Waals surface area contributed by atoms with Crippen LogP contribution in [0.4, 0.5) is 4.79 Å². The number of hydrogen-bond acceptors (Lipinski definition) is 7. The molecule has 8 heteroatoms. The van der Waals surface area contributed by atoms with Crippen molar-refractivity contribution in [1.29, 1.82) is 0 Å².